The molecule has 96 valence electrons. The van der Waals surface area contributed by atoms with Crippen LogP contribution in [0, 0.1) is 6.92 Å². The maximum atomic E-state index is 5.48. The van der Waals surface area contributed by atoms with Crippen LogP contribution in [-0.4, -0.2) is 17.3 Å². The number of oxazole rings is 1. The number of hydrogen-bond donors (Lipinski definition) is 1. The molecule has 2 rings (SSSR count). The highest BCUT2D eigenvalue weighted by atomic mass is 32.2. The van der Waals surface area contributed by atoms with Gasteiger partial charge in [-0.15, -0.1) is 11.8 Å². The summed E-state index contributed by atoms with van der Waals surface area (Å²) in [5.41, 5.74) is 0. The van der Waals surface area contributed by atoms with Crippen LogP contribution >= 0.6 is 11.8 Å². The first-order chi connectivity index (χ1) is 8.75. The van der Waals surface area contributed by atoms with Gasteiger partial charge in [-0.1, -0.05) is 18.2 Å². The highest BCUT2D eigenvalue weighted by Gasteiger charge is 2.09. The molecule has 0 amide bonds. The maximum Gasteiger partial charge on any atom is 0.211 e. The third-order valence-corrected chi connectivity index (χ3v) is 3.59. The molecule has 0 aliphatic carbocycles. The Morgan fingerprint density at radius 2 is 2.11 bits per heavy atom. The molecule has 0 spiro atoms. The molecule has 4 heteroatoms. The molecule has 1 N–H and O–H groups in total. The molecule has 1 aromatic heterocycles. The van der Waals surface area contributed by atoms with Gasteiger partial charge in [-0.25, -0.2) is 4.98 Å². The van der Waals surface area contributed by atoms with Crippen LogP contribution in [0.1, 0.15) is 24.6 Å². The van der Waals surface area contributed by atoms with Crippen molar-refractivity contribution in [3.8, 4) is 0 Å². The highest BCUT2D eigenvalue weighted by Crippen LogP contribution is 2.17. The van der Waals surface area contributed by atoms with Crippen molar-refractivity contribution in [3.05, 3.63) is 48.2 Å². The molecule has 2 aromatic rings. The summed E-state index contributed by atoms with van der Waals surface area (Å²) in [6, 6.07) is 10.6. The smallest absolute Gasteiger partial charge is 0.211 e. The minimum atomic E-state index is 0.162. The van der Waals surface area contributed by atoms with E-state index in [0.717, 1.165) is 23.9 Å². The number of nitrogens with zero attached hydrogens (tertiary/aromatic N) is 1. The zero-order chi connectivity index (χ0) is 12.8. The Morgan fingerprint density at radius 3 is 2.78 bits per heavy atom. The Hall–Kier alpha value is -1.26. The molecule has 1 aromatic carbocycles. The first-order valence-electron chi connectivity index (χ1n) is 6.09. The van der Waals surface area contributed by atoms with E-state index < -0.39 is 0 Å². The number of aryl methyl sites for hydroxylation is 1. The van der Waals surface area contributed by atoms with Crippen molar-refractivity contribution in [3.63, 3.8) is 0 Å². The normalized spacial score (nSPS) is 12.6. The molecule has 0 saturated carbocycles. The fourth-order valence-electron chi connectivity index (χ4n) is 1.62. The van der Waals surface area contributed by atoms with Gasteiger partial charge < -0.3 is 9.73 Å². The lowest BCUT2D eigenvalue weighted by molar-refractivity contribution is 0.408. The summed E-state index contributed by atoms with van der Waals surface area (Å²) in [6.45, 7) is 4.91. The van der Waals surface area contributed by atoms with Gasteiger partial charge in [-0.3, -0.25) is 0 Å². The first-order valence-corrected chi connectivity index (χ1v) is 7.08. The van der Waals surface area contributed by atoms with Crippen LogP contribution in [0.4, 0.5) is 0 Å². The van der Waals surface area contributed by atoms with Crippen LogP contribution in [-0.2, 0) is 0 Å². The number of thioether (sulfide) groups is 1. The van der Waals surface area contributed by atoms with Crippen LogP contribution in [0.5, 0.6) is 0 Å². The quantitative estimate of drug-likeness (QED) is 0.639. The van der Waals surface area contributed by atoms with Gasteiger partial charge in [0.1, 0.15) is 5.76 Å². The van der Waals surface area contributed by atoms with E-state index in [9.17, 15) is 0 Å². The molecule has 0 fully saturated rings. The minimum absolute atomic E-state index is 0.162. The Morgan fingerprint density at radius 1 is 1.33 bits per heavy atom. The molecule has 18 heavy (non-hydrogen) atoms. The minimum Gasteiger partial charge on any atom is -0.444 e. The van der Waals surface area contributed by atoms with E-state index >= 15 is 0 Å². The first kappa shape index (κ1) is 13.2. The Labute approximate surface area is 112 Å². The Kier molecular flexibility index (Phi) is 4.84. The van der Waals surface area contributed by atoms with Crippen molar-refractivity contribution in [1.82, 2.24) is 10.3 Å². The van der Waals surface area contributed by atoms with Gasteiger partial charge in [0.2, 0.25) is 5.89 Å². The Balaban J connectivity index is 1.69. The van der Waals surface area contributed by atoms with Gasteiger partial charge in [0, 0.05) is 17.2 Å². The topological polar surface area (TPSA) is 38.1 Å². The molecular formula is C14H18N2OS. The predicted octanol–water partition coefficient (Wildman–Crippen LogP) is 3.43. The van der Waals surface area contributed by atoms with E-state index in [1.165, 1.54) is 4.90 Å². The average molecular weight is 262 g/mol. The maximum absolute atomic E-state index is 5.48. The van der Waals surface area contributed by atoms with Crippen LogP contribution in [0.2, 0.25) is 0 Å². The van der Waals surface area contributed by atoms with E-state index in [0.29, 0.717) is 0 Å². The number of hydrogen-bond acceptors (Lipinski definition) is 4. The van der Waals surface area contributed by atoms with E-state index in [-0.39, 0.29) is 6.04 Å². The summed E-state index contributed by atoms with van der Waals surface area (Å²) < 4.78 is 5.48. The van der Waals surface area contributed by atoms with Gasteiger partial charge in [-0.2, -0.15) is 0 Å². The summed E-state index contributed by atoms with van der Waals surface area (Å²) in [7, 11) is 0. The van der Waals surface area contributed by atoms with Crippen molar-refractivity contribution >= 4 is 11.8 Å². The third-order valence-electron chi connectivity index (χ3n) is 2.57. The van der Waals surface area contributed by atoms with E-state index in [1.807, 2.05) is 24.8 Å². The number of benzene rings is 1. The van der Waals surface area contributed by atoms with Crippen molar-refractivity contribution in [2.24, 2.45) is 0 Å². The second kappa shape index (κ2) is 6.61. The molecule has 1 atom stereocenters. The van der Waals surface area contributed by atoms with E-state index in [4.69, 9.17) is 4.42 Å². The van der Waals surface area contributed by atoms with Gasteiger partial charge in [0.05, 0.1) is 12.2 Å². The molecular weight excluding hydrogens is 244 g/mol. The summed E-state index contributed by atoms with van der Waals surface area (Å²) in [5.74, 6) is 2.66. The lowest BCUT2D eigenvalue weighted by Gasteiger charge is -2.09. The summed E-state index contributed by atoms with van der Waals surface area (Å²) in [5, 5.41) is 3.41. The van der Waals surface area contributed by atoms with E-state index in [1.54, 1.807) is 6.20 Å². The average Bonchev–Trinajstić information content (AvgIpc) is 2.82. The van der Waals surface area contributed by atoms with Crippen LogP contribution in [0.3, 0.4) is 0 Å². The molecule has 0 bridgehead atoms. The highest BCUT2D eigenvalue weighted by molar-refractivity contribution is 7.99. The monoisotopic (exact) mass is 262 g/mol. The zero-order valence-corrected chi connectivity index (χ0v) is 11.5. The summed E-state index contributed by atoms with van der Waals surface area (Å²) in [6.07, 6.45) is 1.76. The standard InChI is InChI=1S/C14H18N2OS/c1-11-10-16-14(17-11)12(2)15-8-9-18-13-6-4-3-5-7-13/h3-7,10,12,15H,8-9H2,1-2H3. The fourth-order valence-corrected chi connectivity index (χ4v) is 2.43. The van der Waals surface area contributed by atoms with Crippen molar-refractivity contribution in [2.75, 3.05) is 12.3 Å². The van der Waals surface area contributed by atoms with Crippen LogP contribution in [0.25, 0.3) is 0 Å². The van der Waals surface area contributed by atoms with Crippen molar-refractivity contribution in [2.45, 2.75) is 24.8 Å². The van der Waals surface area contributed by atoms with Gasteiger partial charge in [-0.05, 0) is 26.0 Å². The molecule has 0 saturated heterocycles. The second-order valence-corrected chi connectivity index (χ2v) is 5.31. The number of aromatic nitrogens is 1. The Bertz CT molecular complexity index is 470. The van der Waals surface area contributed by atoms with Gasteiger partial charge in [0.15, 0.2) is 0 Å². The van der Waals surface area contributed by atoms with Gasteiger partial charge in [0.25, 0.3) is 0 Å². The number of rotatable bonds is 6. The van der Waals surface area contributed by atoms with Crippen molar-refractivity contribution in [1.29, 1.82) is 0 Å². The van der Waals surface area contributed by atoms with E-state index in [2.05, 4.69) is 41.5 Å². The number of nitrogens with one attached hydrogen (secondary N) is 1. The molecule has 1 heterocycles. The second-order valence-electron chi connectivity index (χ2n) is 4.15. The zero-order valence-electron chi connectivity index (χ0n) is 10.7. The predicted molar refractivity (Wildman–Crippen MR) is 74.8 cm³/mol. The lowest BCUT2D eigenvalue weighted by Crippen LogP contribution is -2.21. The summed E-state index contributed by atoms with van der Waals surface area (Å²) in [4.78, 5) is 5.52. The van der Waals surface area contributed by atoms with Crippen LogP contribution < -0.4 is 5.32 Å². The third kappa shape index (κ3) is 3.89. The molecule has 0 radical (unpaired) electrons. The molecule has 1 unspecified atom stereocenters. The SMILES string of the molecule is Cc1cnc(C(C)NCCSc2ccccc2)o1. The van der Waals surface area contributed by atoms with Crippen molar-refractivity contribution < 1.29 is 4.42 Å². The largest absolute Gasteiger partial charge is 0.444 e. The molecule has 0 aliphatic heterocycles. The molecule has 0 aliphatic rings. The van der Waals surface area contributed by atoms with Gasteiger partial charge >= 0.3 is 0 Å². The van der Waals surface area contributed by atoms with Crippen LogP contribution in [0.15, 0.2) is 45.8 Å². The fraction of sp³-hybridized carbons (Fsp3) is 0.357. The molecule has 3 nitrogen and oxygen atoms in total. The summed E-state index contributed by atoms with van der Waals surface area (Å²) >= 11 is 1.85. The lowest BCUT2D eigenvalue weighted by atomic mass is 10.3.